The maximum Gasteiger partial charge on any atom is 0.0640 e. The number of rotatable bonds is 5. The van der Waals surface area contributed by atoms with Crippen LogP contribution in [0.3, 0.4) is 0 Å². The Morgan fingerprint density at radius 1 is 0.339 bits per heavy atom. The molecule has 0 amide bonds. The molecule has 0 N–H and O–H groups in total. The highest BCUT2D eigenvalue weighted by Crippen LogP contribution is 2.51. The zero-order valence-corrected chi connectivity index (χ0v) is 32.5. The van der Waals surface area contributed by atoms with Crippen LogP contribution < -0.4 is 4.90 Å². The molecule has 0 atom stereocenters. The van der Waals surface area contributed by atoms with E-state index in [2.05, 4.69) is 193 Å². The quantitative estimate of drug-likeness (QED) is 0.169. The number of hydrogen-bond acceptors (Lipinski definition) is 4. The van der Waals surface area contributed by atoms with Crippen molar-refractivity contribution < 1.29 is 0 Å². The van der Waals surface area contributed by atoms with E-state index in [9.17, 15) is 0 Å². The summed E-state index contributed by atoms with van der Waals surface area (Å²) in [5.74, 6) is 0. The van der Waals surface area contributed by atoms with Crippen LogP contribution in [0.5, 0.6) is 0 Å². The lowest BCUT2D eigenvalue weighted by Gasteiger charge is -2.30. The molecule has 12 rings (SSSR count). The molecule has 0 radical (unpaired) electrons. The fourth-order valence-corrected chi connectivity index (χ4v) is 12.2. The minimum absolute atomic E-state index is 1.15. The third-order valence-electron chi connectivity index (χ3n) is 11.3. The van der Waals surface area contributed by atoms with E-state index in [1.54, 1.807) is 0 Å². The van der Waals surface area contributed by atoms with Crippen molar-refractivity contribution in [2.75, 3.05) is 4.90 Å². The smallest absolute Gasteiger partial charge is 0.0640 e. The van der Waals surface area contributed by atoms with Crippen molar-refractivity contribution in [1.82, 2.24) is 0 Å². The molecule has 0 saturated heterocycles. The van der Waals surface area contributed by atoms with Gasteiger partial charge >= 0.3 is 0 Å². The minimum Gasteiger partial charge on any atom is -0.308 e. The third-order valence-corrected chi connectivity index (χ3v) is 14.7. The average molecular weight is 766 g/mol. The molecular weight excluding hydrogens is 735 g/mol. The minimum atomic E-state index is 1.15. The first-order chi connectivity index (χ1) is 27.8. The lowest BCUT2D eigenvalue weighted by molar-refractivity contribution is 1.31. The Hall–Kier alpha value is -6.30. The second-order valence-electron chi connectivity index (χ2n) is 14.4. The number of fused-ring (bicyclic) bond motifs is 11. The Morgan fingerprint density at radius 3 is 1.86 bits per heavy atom. The predicted octanol–water partition coefficient (Wildman–Crippen LogP) is 16.7. The maximum atomic E-state index is 2.54. The fourth-order valence-electron chi connectivity index (χ4n) is 8.76. The van der Waals surface area contributed by atoms with Crippen LogP contribution in [0.2, 0.25) is 0 Å². The molecule has 0 bridgehead atoms. The molecular formula is C52H31NS3. The van der Waals surface area contributed by atoms with Gasteiger partial charge in [0.15, 0.2) is 0 Å². The molecule has 0 fully saturated rings. The second kappa shape index (κ2) is 12.6. The predicted molar refractivity (Wildman–Crippen MR) is 248 cm³/mol. The lowest BCUT2D eigenvalue weighted by Crippen LogP contribution is -2.12. The van der Waals surface area contributed by atoms with Crippen LogP contribution in [-0.2, 0) is 0 Å². The highest BCUT2D eigenvalue weighted by molar-refractivity contribution is 7.27. The normalized spacial score (nSPS) is 11.9. The van der Waals surface area contributed by atoms with Crippen LogP contribution in [0.4, 0.5) is 17.1 Å². The molecule has 9 aromatic carbocycles. The number of benzene rings is 9. The standard InChI is InChI=1S/C52H31NS3/c1-2-12-32(13-3-1)36-18-10-20-43(50(36)34-25-28-47-42(30-34)51-37-15-5-4-14-33(37)24-29-48(51)54-47)53(35-26-27-40-38-16-6-8-22-45(38)55-49(40)31-35)44-21-11-19-41-39-17-7-9-23-46(39)56-52(41)44/h1-31H. The first-order valence-corrected chi connectivity index (χ1v) is 21.4. The van der Waals surface area contributed by atoms with Crippen molar-refractivity contribution in [2.24, 2.45) is 0 Å². The Kier molecular flexibility index (Phi) is 7.21. The van der Waals surface area contributed by atoms with Crippen LogP contribution in [0.25, 0.3) is 93.5 Å². The van der Waals surface area contributed by atoms with Crippen molar-refractivity contribution >= 4 is 122 Å². The second-order valence-corrected chi connectivity index (χ2v) is 17.6. The topological polar surface area (TPSA) is 3.24 Å². The van der Waals surface area contributed by atoms with Gasteiger partial charge in [-0.2, -0.15) is 0 Å². The Labute approximate surface area is 335 Å². The molecule has 56 heavy (non-hydrogen) atoms. The van der Waals surface area contributed by atoms with Crippen LogP contribution >= 0.6 is 34.0 Å². The lowest BCUT2D eigenvalue weighted by atomic mass is 9.91. The largest absolute Gasteiger partial charge is 0.308 e. The van der Waals surface area contributed by atoms with Crippen molar-refractivity contribution in [3.05, 3.63) is 188 Å². The van der Waals surface area contributed by atoms with E-state index in [0.29, 0.717) is 0 Å². The van der Waals surface area contributed by atoms with Crippen molar-refractivity contribution in [3.8, 4) is 22.3 Å². The van der Waals surface area contributed by atoms with Gasteiger partial charge in [0, 0.05) is 67.1 Å². The summed E-state index contributed by atoms with van der Waals surface area (Å²) in [7, 11) is 0. The Balaban J connectivity index is 1.19. The molecule has 0 spiro atoms. The van der Waals surface area contributed by atoms with Gasteiger partial charge in [0.25, 0.3) is 0 Å². The molecule has 12 aromatic rings. The zero-order chi connectivity index (χ0) is 36.7. The number of hydrogen-bond donors (Lipinski definition) is 0. The van der Waals surface area contributed by atoms with Gasteiger partial charge in [0.2, 0.25) is 0 Å². The summed E-state index contributed by atoms with van der Waals surface area (Å²) in [4.78, 5) is 2.54. The molecule has 0 unspecified atom stereocenters. The van der Waals surface area contributed by atoms with E-state index in [0.717, 1.165) is 11.4 Å². The van der Waals surface area contributed by atoms with Crippen LogP contribution in [-0.4, -0.2) is 0 Å². The highest BCUT2D eigenvalue weighted by atomic mass is 32.1. The molecule has 0 aliphatic rings. The number of anilines is 3. The van der Waals surface area contributed by atoms with E-state index in [1.165, 1.54) is 99.2 Å². The molecule has 262 valence electrons. The molecule has 0 aliphatic heterocycles. The van der Waals surface area contributed by atoms with Crippen molar-refractivity contribution in [2.45, 2.75) is 0 Å². The number of thiophene rings is 3. The first-order valence-electron chi connectivity index (χ1n) is 18.9. The van der Waals surface area contributed by atoms with Gasteiger partial charge in [-0.1, -0.05) is 133 Å². The van der Waals surface area contributed by atoms with Gasteiger partial charge < -0.3 is 4.90 Å². The summed E-state index contributed by atoms with van der Waals surface area (Å²) in [5, 5.41) is 10.4. The van der Waals surface area contributed by atoms with E-state index >= 15 is 0 Å². The SMILES string of the molecule is c1ccc(-c2cccc(N(c3ccc4c(c3)sc3ccccc34)c3cccc4c3sc3ccccc34)c2-c2ccc3sc4ccc5ccccc5c4c3c2)cc1. The van der Waals surface area contributed by atoms with Crippen LogP contribution in [0.15, 0.2) is 188 Å². The molecule has 3 heterocycles. The molecule has 0 saturated carbocycles. The van der Waals surface area contributed by atoms with Gasteiger partial charge in [-0.3, -0.25) is 0 Å². The summed E-state index contributed by atoms with van der Waals surface area (Å²) >= 11 is 5.64. The fraction of sp³-hybridized carbons (Fsp3) is 0. The van der Waals surface area contributed by atoms with Crippen LogP contribution in [0.1, 0.15) is 0 Å². The summed E-state index contributed by atoms with van der Waals surface area (Å²) in [5.41, 5.74) is 8.32. The highest BCUT2D eigenvalue weighted by Gasteiger charge is 2.24. The summed E-state index contributed by atoms with van der Waals surface area (Å²) < 4.78 is 7.81. The van der Waals surface area contributed by atoms with E-state index < -0.39 is 0 Å². The molecule has 4 heteroatoms. The Morgan fingerprint density at radius 2 is 0.982 bits per heavy atom. The monoisotopic (exact) mass is 765 g/mol. The maximum absolute atomic E-state index is 2.54. The summed E-state index contributed by atoms with van der Waals surface area (Å²) in [6, 6.07) is 69.8. The summed E-state index contributed by atoms with van der Waals surface area (Å²) in [6.07, 6.45) is 0. The van der Waals surface area contributed by atoms with Gasteiger partial charge in [-0.15, -0.1) is 34.0 Å². The van der Waals surface area contributed by atoms with E-state index in [4.69, 9.17) is 0 Å². The molecule has 3 aromatic heterocycles. The average Bonchev–Trinajstić information content (AvgIpc) is 3.95. The zero-order valence-electron chi connectivity index (χ0n) is 30.1. The van der Waals surface area contributed by atoms with Gasteiger partial charge in [-0.25, -0.2) is 0 Å². The summed E-state index contributed by atoms with van der Waals surface area (Å²) in [6.45, 7) is 0. The van der Waals surface area contributed by atoms with Gasteiger partial charge in [0.05, 0.1) is 16.1 Å². The van der Waals surface area contributed by atoms with E-state index in [-0.39, 0.29) is 0 Å². The van der Waals surface area contributed by atoms with Gasteiger partial charge in [-0.05, 0) is 82.1 Å². The van der Waals surface area contributed by atoms with Crippen molar-refractivity contribution in [1.29, 1.82) is 0 Å². The van der Waals surface area contributed by atoms with Crippen LogP contribution in [0, 0.1) is 0 Å². The molecule has 0 aliphatic carbocycles. The molecule has 1 nitrogen and oxygen atoms in total. The van der Waals surface area contributed by atoms with Gasteiger partial charge in [0.1, 0.15) is 0 Å². The Bertz CT molecular complexity index is 3500. The first kappa shape index (κ1) is 32.0. The van der Waals surface area contributed by atoms with Crippen molar-refractivity contribution in [3.63, 3.8) is 0 Å². The number of nitrogens with zero attached hydrogens (tertiary/aromatic N) is 1. The third kappa shape index (κ3) is 4.90. The van der Waals surface area contributed by atoms with E-state index in [1.807, 2.05) is 34.0 Å².